The molecule has 2 aromatic rings. The number of halogens is 3. The molecule has 1 N–H and O–H groups in total. The molecule has 30 heavy (non-hydrogen) atoms. The van der Waals surface area contributed by atoms with Crippen molar-refractivity contribution in [2.45, 2.75) is 19.1 Å². The van der Waals surface area contributed by atoms with Crippen LogP contribution in [0.2, 0.25) is 0 Å². The van der Waals surface area contributed by atoms with Crippen molar-refractivity contribution < 1.29 is 32.2 Å². The van der Waals surface area contributed by atoms with Crippen LogP contribution in [0.15, 0.2) is 54.6 Å². The highest BCUT2D eigenvalue weighted by atomic mass is 19.4. The maximum absolute atomic E-state index is 13.4. The topological polar surface area (TPSA) is 56.8 Å². The average Bonchev–Trinajstić information content (AvgIpc) is 2.72. The largest absolute Gasteiger partial charge is 0.493 e. The zero-order valence-corrected chi connectivity index (χ0v) is 17.0. The van der Waals surface area contributed by atoms with Crippen LogP contribution in [0.25, 0.3) is 5.57 Å². The van der Waals surface area contributed by atoms with Crippen molar-refractivity contribution in [2.75, 3.05) is 27.4 Å². The Bertz CT molecular complexity index is 866. The van der Waals surface area contributed by atoms with Gasteiger partial charge in [-0.05, 0) is 30.2 Å². The minimum Gasteiger partial charge on any atom is -0.493 e. The Balaban J connectivity index is 2.16. The molecule has 1 atom stereocenters. The highest BCUT2D eigenvalue weighted by molar-refractivity contribution is 5.96. The molecule has 0 aliphatic rings. The lowest BCUT2D eigenvalue weighted by Gasteiger charge is -2.17. The van der Waals surface area contributed by atoms with E-state index in [1.165, 1.54) is 31.4 Å². The van der Waals surface area contributed by atoms with Crippen LogP contribution in [0.3, 0.4) is 0 Å². The van der Waals surface area contributed by atoms with Crippen molar-refractivity contribution in [2.24, 2.45) is 0 Å². The number of alkyl halides is 3. The molecule has 8 heteroatoms. The summed E-state index contributed by atoms with van der Waals surface area (Å²) < 4.78 is 56.0. The van der Waals surface area contributed by atoms with Crippen LogP contribution in [0.4, 0.5) is 13.2 Å². The van der Waals surface area contributed by atoms with E-state index in [9.17, 15) is 18.0 Å². The van der Waals surface area contributed by atoms with Crippen molar-refractivity contribution in [1.29, 1.82) is 0 Å². The van der Waals surface area contributed by atoms with Gasteiger partial charge < -0.3 is 19.5 Å². The molecule has 2 rings (SSSR count). The second-order valence-electron chi connectivity index (χ2n) is 6.40. The van der Waals surface area contributed by atoms with E-state index in [1.54, 1.807) is 38.3 Å². The van der Waals surface area contributed by atoms with Crippen LogP contribution in [0.1, 0.15) is 24.1 Å². The van der Waals surface area contributed by atoms with Crippen LogP contribution in [0, 0.1) is 0 Å². The predicted octanol–water partition coefficient (Wildman–Crippen LogP) is 4.54. The highest BCUT2D eigenvalue weighted by Crippen LogP contribution is 2.34. The molecular weight excluding hydrogens is 399 g/mol. The van der Waals surface area contributed by atoms with Crippen molar-refractivity contribution in [3.8, 4) is 11.5 Å². The predicted molar refractivity (Wildman–Crippen MR) is 107 cm³/mol. The molecule has 0 bridgehead atoms. The molecule has 162 valence electrons. The number of carbonyl (C=O) groups excluding carboxylic acids is 1. The van der Waals surface area contributed by atoms with Crippen LogP contribution in [-0.4, -0.2) is 39.5 Å². The molecule has 0 aliphatic carbocycles. The molecule has 5 nitrogen and oxygen atoms in total. The number of nitrogens with one attached hydrogen (secondary N) is 1. The minimum atomic E-state index is -4.66. The quantitative estimate of drug-likeness (QED) is 0.475. The highest BCUT2D eigenvalue weighted by Gasteiger charge is 2.35. The molecule has 0 heterocycles. The van der Waals surface area contributed by atoms with Crippen LogP contribution < -0.4 is 14.8 Å². The number of benzene rings is 2. The molecule has 0 aliphatic heterocycles. The van der Waals surface area contributed by atoms with Crippen LogP contribution in [-0.2, 0) is 9.53 Å². The molecule has 0 aromatic heterocycles. The molecule has 0 saturated carbocycles. The number of rotatable bonds is 9. The number of methoxy groups -OCH3 is 2. The average molecular weight is 423 g/mol. The van der Waals surface area contributed by atoms with Crippen molar-refractivity contribution >= 4 is 11.5 Å². The third-order valence-electron chi connectivity index (χ3n) is 4.26. The lowest BCUT2D eigenvalue weighted by atomic mass is 10.0. The smallest absolute Gasteiger partial charge is 0.417 e. The summed E-state index contributed by atoms with van der Waals surface area (Å²) >= 11 is 0. The fourth-order valence-electron chi connectivity index (χ4n) is 2.72. The Kier molecular flexibility index (Phi) is 8.29. The van der Waals surface area contributed by atoms with Crippen LogP contribution >= 0.6 is 0 Å². The van der Waals surface area contributed by atoms with Gasteiger partial charge in [-0.3, -0.25) is 4.79 Å². The van der Waals surface area contributed by atoms with E-state index in [1.807, 2.05) is 0 Å². The van der Waals surface area contributed by atoms with Gasteiger partial charge in [0.05, 0.1) is 25.3 Å². The molecule has 2 aromatic carbocycles. The first-order chi connectivity index (χ1) is 14.3. The lowest BCUT2D eigenvalue weighted by Crippen LogP contribution is -2.26. The fraction of sp³-hybridized carbons (Fsp3) is 0.318. The third kappa shape index (κ3) is 6.52. The standard InChI is InChI=1S/C22H24F3NO4/c1-15(17-9-10-19(20(13-17)29-3)30-12-11-28-2)26-21(27)14-18(22(23,24)25)16-7-5-4-6-8-16/h4-10,13-15H,11-12H2,1-3H3,(H,26,27)/b18-14-. The van der Waals surface area contributed by atoms with Gasteiger partial charge in [0.15, 0.2) is 11.5 Å². The second-order valence-corrected chi connectivity index (χ2v) is 6.40. The summed E-state index contributed by atoms with van der Waals surface area (Å²) in [6.45, 7) is 2.41. The van der Waals surface area contributed by atoms with Gasteiger partial charge in [0.2, 0.25) is 5.91 Å². The summed E-state index contributed by atoms with van der Waals surface area (Å²) in [5.41, 5.74) is -0.430. The zero-order valence-electron chi connectivity index (χ0n) is 17.0. The van der Waals surface area contributed by atoms with E-state index in [4.69, 9.17) is 14.2 Å². The van der Waals surface area contributed by atoms with Crippen LogP contribution in [0.5, 0.6) is 11.5 Å². The number of hydrogen-bond acceptors (Lipinski definition) is 4. The molecule has 0 saturated heterocycles. The fourth-order valence-corrected chi connectivity index (χ4v) is 2.72. The normalized spacial score (nSPS) is 12.9. The summed E-state index contributed by atoms with van der Waals surface area (Å²) in [7, 11) is 3.04. The minimum absolute atomic E-state index is 0.0768. The van der Waals surface area contributed by atoms with Crippen molar-refractivity contribution in [3.63, 3.8) is 0 Å². The molecular formula is C22H24F3NO4. The lowest BCUT2D eigenvalue weighted by molar-refractivity contribution is -0.117. The number of ether oxygens (including phenoxy) is 3. The van der Waals surface area contributed by atoms with E-state index in [-0.39, 0.29) is 5.56 Å². The van der Waals surface area contributed by atoms with E-state index >= 15 is 0 Å². The van der Waals surface area contributed by atoms with Crippen molar-refractivity contribution in [1.82, 2.24) is 5.32 Å². The zero-order chi connectivity index (χ0) is 22.1. The molecule has 0 radical (unpaired) electrons. The monoisotopic (exact) mass is 423 g/mol. The van der Waals surface area contributed by atoms with E-state index < -0.39 is 23.7 Å². The van der Waals surface area contributed by atoms with Crippen molar-refractivity contribution in [3.05, 3.63) is 65.7 Å². The summed E-state index contributed by atoms with van der Waals surface area (Å²) in [5.74, 6) is 0.0960. The maximum atomic E-state index is 13.4. The molecule has 0 fully saturated rings. The van der Waals surface area contributed by atoms with E-state index in [0.29, 0.717) is 36.4 Å². The summed E-state index contributed by atoms with van der Waals surface area (Å²) in [6, 6.07) is 11.7. The van der Waals surface area contributed by atoms with E-state index in [0.717, 1.165) is 0 Å². The SMILES string of the molecule is COCCOc1ccc(C(C)NC(=O)/C=C(/c2ccccc2)C(F)(F)F)cc1OC. The maximum Gasteiger partial charge on any atom is 0.417 e. The van der Waals surface area contributed by atoms with Gasteiger partial charge in [-0.1, -0.05) is 36.4 Å². The number of amides is 1. The third-order valence-corrected chi connectivity index (χ3v) is 4.26. The Morgan fingerprint density at radius 1 is 1.07 bits per heavy atom. The van der Waals surface area contributed by atoms with Gasteiger partial charge in [0.25, 0.3) is 0 Å². The Hall–Kier alpha value is -3.00. The second kappa shape index (κ2) is 10.7. The van der Waals surface area contributed by atoms with Gasteiger partial charge >= 0.3 is 6.18 Å². The summed E-state index contributed by atoms with van der Waals surface area (Å²) in [4.78, 5) is 12.3. The molecule has 1 amide bonds. The Morgan fingerprint density at radius 2 is 1.77 bits per heavy atom. The van der Waals surface area contributed by atoms with Gasteiger partial charge in [0.1, 0.15) is 6.61 Å². The van der Waals surface area contributed by atoms with Gasteiger partial charge in [-0.2, -0.15) is 13.2 Å². The van der Waals surface area contributed by atoms with Gasteiger partial charge in [-0.15, -0.1) is 0 Å². The van der Waals surface area contributed by atoms with Gasteiger partial charge in [0, 0.05) is 13.2 Å². The first-order valence-corrected chi connectivity index (χ1v) is 9.20. The molecule has 0 spiro atoms. The first-order valence-electron chi connectivity index (χ1n) is 9.20. The Morgan fingerprint density at radius 3 is 2.37 bits per heavy atom. The summed E-state index contributed by atoms with van der Waals surface area (Å²) in [6.07, 6.45) is -4.09. The first kappa shape index (κ1) is 23.3. The van der Waals surface area contributed by atoms with E-state index in [2.05, 4.69) is 5.32 Å². The summed E-state index contributed by atoms with van der Waals surface area (Å²) in [5, 5.41) is 2.56. The molecule has 1 unspecified atom stereocenters. The number of hydrogen-bond donors (Lipinski definition) is 1. The number of carbonyl (C=O) groups is 1. The Labute approximate surface area is 173 Å². The number of allylic oxidation sites excluding steroid dienone is 1. The van der Waals surface area contributed by atoms with Gasteiger partial charge in [-0.25, -0.2) is 0 Å².